The predicted octanol–water partition coefficient (Wildman–Crippen LogP) is 6.54. The highest BCUT2D eigenvalue weighted by Gasteiger charge is 2.20. The van der Waals surface area contributed by atoms with Crippen molar-refractivity contribution in [3.63, 3.8) is 0 Å². The van der Waals surface area contributed by atoms with Gasteiger partial charge in [-0.05, 0) is 16.7 Å². The molecule has 0 spiro atoms. The van der Waals surface area contributed by atoms with Crippen molar-refractivity contribution < 1.29 is 9.53 Å². The van der Waals surface area contributed by atoms with Crippen molar-refractivity contribution in [2.45, 2.75) is 26.3 Å². The molecule has 0 bridgehead atoms. The van der Waals surface area contributed by atoms with E-state index in [-0.39, 0.29) is 5.97 Å². The summed E-state index contributed by atoms with van der Waals surface area (Å²) in [6, 6.07) is 29.5. The van der Waals surface area contributed by atoms with Crippen LogP contribution in [0.15, 0.2) is 97.3 Å². The molecular weight excluding hydrogens is 434 g/mol. The van der Waals surface area contributed by atoms with E-state index in [1.807, 2.05) is 80.6 Å². The number of carbonyl (C=O) groups excluding carboxylic acids is 1. The van der Waals surface area contributed by atoms with Crippen molar-refractivity contribution in [1.29, 1.82) is 0 Å². The Morgan fingerprint density at radius 3 is 2.09 bits per heavy atom. The normalized spacial score (nSPS) is 11.3. The third kappa shape index (κ3) is 7.64. The van der Waals surface area contributed by atoms with Crippen molar-refractivity contribution in [2.24, 2.45) is 0 Å². The van der Waals surface area contributed by atoms with E-state index < -0.39 is 6.04 Å². The summed E-state index contributed by atoms with van der Waals surface area (Å²) in [5.41, 5.74) is 5.03. The van der Waals surface area contributed by atoms with Gasteiger partial charge in [0.15, 0.2) is 0 Å². The fourth-order valence-electron chi connectivity index (χ4n) is 3.48. The number of carbonyl (C=O) groups is 1. The van der Waals surface area contributed by atoms with Gasteiger partial charge in [0.1, 0.15) is 18.2 Å². The van der Waals surface area contributed by atoms with Gasteiger partial charge in [-0.2, -0.15) is 0 Å². The summed E-state index contributed by atoms with van der Waals surface area (Å²) in [5.74, 6) is 0.230. The van der Waals surface area contributed by atoms with E-state index in [9.17, 15) is 4.79 Å². The maximum absolute atomic E-state index is 12.3. The molecular formula is C30H31N3O2. The van der Waals surface area contributed by atoms with E-state index in [0.717, 1.165) is 27.9 Å². The maximum atomic E-state index is 12.3. The monoisotopic (exact) mass is 465 g/mol. The van der Waals surface area contributed by atoms with Crippen molar-refractivity contribution >= 4 is 23.9 Å². The molecule has 178 valence electrons. The number of anilines is 1. The molecule has 35 heavy (non-hydrogen) atoms. The molecule has 0 aliphatic carbocycles. The summed E-state index contributed by atoms with van der Waals surface area (Å²) in [7, 11) is 1.39. The molecule has 1 atom stereocenters. The zero-order valence-corrected chi connectivity index (χ0v) is 20.4. The quantitative estimate of drug-likeness (QED) is 0.237. The van der Waals surface area contributed by atoms with Gasteiger partial charge in [0.2, 0.25) is 0 Å². The zero-order valence-electron chi connectivity index (χ0n) is 20.4. The van der Waals surface area contributed by atoms with Crippen LogP contribution in [0.1, 0.15) is 30.5 Å². The van der Waals surface area contributed by atoms with Crippen molar-refractivity contribution in [2.75, 3.05) is 12.4 Å². The summed E-state index contributed by atoms with van der Waals surface area (Å²) in [6.07, 6.45) is 6.16. The highest BCUT2D eigenvalue weighted by atomic mass is 16.5. The van der Waals surface area contributed by atoms with Crippen molar-refractivity contribution in [3.8, 4) is 11.3 Å². The number of hydrogen-bond acceptors (Lipinski definition) is 5. The number of rotatable bonds is 8. The fourth-order valence-corrected chi connectivity index (χ4v) is 3.48. The molecule has 0 saturated carbocycles. The molecule has 0 aliphatic rings. The Labute approximate surface area is 207 Å². The molecule has 1 N–H and O–H groups in total. The van der Waals surface area contributed by atoms with Crippen LogP contribution in [-0.2, 0) is 16.0 Å². The number of aromatic nitrogens is 2. The van der Waals surface area contributed by atoms with Gasteiger partial charge >= 0.3 is 5.97 Å². The molecule has 0 saturated heterocycles. The number of nitrogens with one attached hydrogen (secondary N) is 1. The van der Waals surface area contributed by atoms with Gasteiger partial charge in [-0.15, -0.1) is 0 Å². The Bertz CT molecular complexity index is 1210. The molecule has 1 aromatic heterocycles. The molecule has 0 amide bonds. The van der Waals surface area contributed by atoms with E-state index in [1.165, 1.54) is 13.4 Å². The Morgan fingerprint density at radius 2 is 1.46 bits per heavy atom. The topological polar surface area (TPSA) is 64.1 Å². The largest absolute Gasteiger partial charge is 0.467 e. The van der Waals surface area contributed by atoms with Gasteiger partial charge in [0.05, 0.1) is 12.8 Å². The van der Waals surface area contributed by atoms with Gasteiger partial charge < -0.3 is 10.1 Å². The average Bonchev–Trinajstić information content (AvgIpc) is 2.94. The lowest BCUT2D eigenvalue weighted by Gasteiger charge is -2.17. The molecule has 4 rings (SSSR count). The first-order valence-electron chi connectivity index (χ1n) is 11.8. The predicted molar refractivity (Wildman–Crippen MR) is 144 cm³/mol. The van der Waals surface area contributed by atoms with Crippen LogP contribution in [0.5, 0.6) is 0 Å². The Kier molecular flexibility index (Phi) is 9.75. The third-order valence-electron chi connectivity index (χ3n) is 5.23. The smallest absolute Gasteiger partial charge is 0.328 e. The summed E-state index contributed by atoms with van der Waals surface area (Å²) in [6.45, 7) is 4.00. The summed E-state index contributed by atoms with van der Waals surface area (Å²) >= 11 is 0. The first-order chi connectivity index (χ1) is 17.2. The van der Waals surface area contributed by atoms with Gasteiger partial charge in [-0.1, -0.05) is 111 Å². The number of nitrogens with zero attached hydrogens (tertiary/aromatic N) is 2. The van der Waals surface area contributed by atoms with Crippen LogP contribution < -0.4 is 5.32 Å². The van der Waals surface area contributed by atoms with Gasteiger partial charge in [0, 0.05) is 18.1 Å². The minimum atomic E-state index is -0.550. The molecule has 3 aromatic carbocycles. The molecule has 0 aliphatic heterocycles. The lowest BCUT2D eigenvalue weighted by molar-refractivity contribution is -0.141. The molecule has 5 heteroatoms. The summed E-state index contributed by atoms with van der Waals surface area (Å²) in [4.78, 5) is 21.0. The summed E-state index contributed by atoms with van der Waals surface area (Å²) < 4.78 is 4.99. The van der Waals surface area contributed by atoms with Crippen molar-refractivity contribution in [3.05, 3.63) is 114 Å². The maximum Gasteiger partial charge on any atom is 0.328 e. The van der Waals surface area contributed by atoms with Crippen LogP contribution in [0.3, 0.4) is 0 Å². The average molecular weight is 466 g/mol. The minimum absolute atomic E-state index is 0.339. The lowest BCUT2D eigenvalue weighted by atomic mass is 10.1. The Morgan fingerprint density at radius 1 is 0.857 bits per heavy atom. The van der Waals surface area contributed by atoms with Gasteiger partial charge in [-0.3, -0.25) is 0 Å². The van der Waals surface area contributed by atoms with Crippen molar-refractivity contribution in [1.82, 2.24) is 9.97 Å². The molecule has 0 fully saturated rings. The second-order valence-corrected chi connectivity index (χ2v) is 7.56. The zero-order chi connectivity index (χ0) is 24.9. The SMILES string of the molecule is CC.COC(=O)C(Cc1ccccc1)Nc1cc(-c2ccc(/C=C\c3ccccc3)cc2)ncn1. The van der Waals surface area contributed by atoms with Crippen LogP contribution in [0, 0.1) is 0 Å². The fraction of sp³-hybridized carbons (Fsp3) is 0.167. The number of benzene rings is 3. The number of esters is 1. The molecule has 1 heterocycles. The van der Waals surface area contributed by atoms with E-state index in [2.05, 4.69) is 51.7 Å². The van der Waals surface area contributed by atoms with Crippen LogP contribution in [-0.4, -0.2) is 29.1 Å². The highest BCUT2D eigenvalue weighted by molar-refractivity contribution is 5.79. The highest BCUT2D eigenvalue weighted by Crippen LogP contribution is 2.21. The Hall–Kier alpha value is -4.25. The van der Waals surface area contributed by atoms with Crippen LogP contribution in [0.25, 0.3) is 23.4 Å². The minimum Gasteiger partial charge on any atom is -0.467 e. The van der Waals surface area contributed by atoms with Crippen LogP contribution >= 0.6 is 0 Å². The van der Waals surface area contributed by atoms with Gasteiger partial charge in [-0.25, -0.2) is 14.8 Å². The molecule has 4 aromatic rings. The van der Waals surface area contributed by atoms with E-state index >= 15 is 0 Å². The van der Waals surface area contributed by atoms with Gasteiger partial charge in [0.25, 0.3) is 0 Å². The van der Waals surface area contributed by atoms with E-state index in [1.54, 1.807) is 0 Å². The number of hydrogen-bond donors (Lipinski definition) is 1. The molecule has 5 nitrogen and oxygen atoms in total. The van der Waals surface area contributed by atoms with Crippen LogP contribution in [0.4, 0.5) is 5.82 Å². The Balaban J connectivity index is 0.00000167. The first kappa shape index (κ1) is 25.4. The number of methoxy groups -OCH3 is 1. The van der Waals surface area contributed by atoms with Crippen LogP contribution in [0.2, 0.25) is 0 Å². The number of ether oxygens (including phenoxy) is 1. The third-order valence-corrected chi connectivity index (χ3v) is 5.23. The second kappa shape index (κ2) is 13.5. The summed E-state index contributed by atoms with van der Waals surface area (Å²) in [5, 5.41) is 3.20. The first-order valence-corrected chi connectivity index (χ1v) is 11.8. The molecule has 0 radical (unpaired) electrons. The molecule has 1 unspecified atom stereocenters. The van der Waals surface area contributed by atoms with E-state index in [0.29, 0.717) is 12.2 Å². The lowest BCUT2D eigenvalue weighted by Crippen LogP contribution is -2.33. The van der Waals surface area contributed by atoms with E-state index in [4.69, 9.17) is 4.74 Å². The second-order valence-electron chi connectivity index (χ2n) is 7.56. The standard InChI is InChI=1S/C28H25N3O2.C2H6/c1-33-28(32)26(18-23-10-6-3-7-11-23)31-27-19-25(29-20-30-27)24-16-14-22(15-17-24)13-12-21-8-4-2-5-9-21;1-2/h2-17,19-20,26H,18H2,1H3,(H,29,30,31);1-2H3/b13-12-;.